The second-order valence-electron chi connectivity index (χ2n) is 25.3. The monoisotopic (exact) mass is 1480 g/mol. The largest absolute Gasteiger partial charge is 0.394 e. The van der Waals surface area contributed by atoms with Gasteiger partial charge in [-0.2, -0.15) is 0 Å². The number of aliphatic hydroxyl groups excluding tert-OH is 29. The summed E-state index contributed by atoms with van der Waals surface area (Å²) >= 11 is 0. The van der Waals surface area contributed by atoms with Crippen LogP contribution < -0.4 is 0 Å². The zero-order chi connectivity index (χ0) is 73.4. The Bertz CT molecular complexity index is 2450. The van der Waals surface area contributed by atoms with Crippen molar-refractivity contribution in [2.75, 3.05) is 59.5 Å². The molecule has 0 amide bonds. The molecule has 9 heterocycles. The maximum absolute atomic E-state index is 12.2. The molecule has 9 fully saturated rings. The SMILES string of the molecule is OC[C@H]1O[C@H](O[C@@H]2[C@@H](OC[C@H]3O[C@H](OC[C@H]4OC(O)[C@@H](O)[C@@H](O[C@H]5O[C@H](CO)[C@@H](O)[C@H](O)[C@@H]5O[C@H]5O[C@H](CO)[C@@H](O)[C@H](O)[C@@H]5O[C@H]5O[C@H](CO)[C@@H](O)[C@H](O)[C@@H]5O)[C@@H]4O)[C@@H](O)[C@@H](O[C@H]4O[C@H](CO)[C@@H](O)[C@H](O)[C@@H]4O[C@H]4O[C@H](CO)[C@@H](O)[C@H](O)[C@@H]4O)[C@@H]3O)O[C@H](CO)[C@@H](O)[C@@H]2O)[C@@H](O)[C@@H](O)[C@@H]1O. The molecule has 46 nitrogen and oxygen atoms in total. The molecular weight excluding hydrogens is 1380 g/mol. The van der Waals surface area contributed by atoms with Crippen LogP contribution in [0.2, 0.25) is 0 Å². The number of hydrogen-bond donors (Lipinski definition) is 29. The van der Waals surface area contributed by atoms with E-state index < -0.39 is 336 Å². The standard InChI is InChI=1S/C54H92O46/c55-1-10-19(62)28(71)35(78)48(87-10)97-42-31(74)22(65)13(4-58)90-51(42)85-9-18-27(70)41(96-52-43(32(75)23(66)14(5-59)91-52)98-49-36(79)29(72)20(63)11(2-56)88-49)39(82)47(94-18)84-8-17-26(69)40(38(81)46(83)86-17)95-53-45(34(77)25(68)15(6-60)92-53)100-54-44(33(76)24(67)16(7-61)93-54)99-50-37(80)30(73)21(64)12(3-57)89-50/h10-83H,1-9H2/t10-,11-,12-,13-,14-,15-,16-,17-,18-,19-,20-,21-,22-,23-,24-,25-,26-,27-,28+,29+,30+,31+,32+,33+,34+,35+,36+,37+,38+,39+,40+,41+,42+,43+,44+,45+,46?,47+,48-,49-,50-,51+,52-,53-,54-/m1/s1. The summed E-state index contributed by atoms with van der Waals surface area (Å²) in [7, 11) is 0. The smallest absolute Gasteiger partial charge is 0.187 e. The van der Waals surface area contributed by atoms with Crippen LogP contribution in [-0.4, -0.2) is 484 Å². The summed E-state index contributed by atoms with van der Waals surface area (Å²) in [6.07, 6.45) is -94.6. The van der Waals surface area contributed by atoms with Crippen molar-refractivity contribution in [3.63, 3.8) is 0 Å². The first-order chi connectivity index (χ1) is 47.4. The van der Waals surface area contributed by atoms with E-state index in [-0.39, 0.29) is 0 Å². The van der Waals surface area contributed by atoms with E-state index in [9.17, 15) is 148 Å². The van der Waals surface area contributed by atoms with Gasteiger partial charge in [0.2, 0.25) is 0 Å². The van der Waals surface area contributed by atoms with Crippen LogP contribution in [0.4, 0.5) is 0 Å². The minimum absolute atomic E-state index is 0.965. The van der Waals surface area contributed by atoms with Crippen molar-refractivity contribution in [1.29, 1.82) is 0 Å². The van der Waals surface area contributed by atoms with Gasteiger partial charge < -0.3 is 229 Å². The van der Waals surface area contributed by atoms with Crippen LogP contribution in [-0.2, 0) is 80.5 Å². The van der Waals surface area contributed by atoms with Gasteiger partial charge in [-0.15, -0.1) is 0 Å². The summed E-state index contributed by atoms with van der Waals surface area (Å²) in [4.78, 5) is 0. The van der Waals surface area contributed by atoms with Crippen LogP contribution in [0.5, 0.6) is 0 Å². The molecular formula is C54H92O46. The Morgan fingerprint density at radius 1 is 0.170 bits per heavy atom. The molecule has 0 aliphatic carbocycles. The van der Waals surface area contributed by atoms with E-state index in [1.54, 1.807) is 0 Å². The first-order valence-corrected chi connectivity index (χ1v) is 31.7. The molecule has 0 radical (unpaired) electrons. The first-order valence-electron chi connectivity index (χ1n) is 31.7. The Labute approximate surface area is 563 Å². The second kappa shape index (κ2) is 35.5. The Morgan fingerprint density at radius 3 is 0.700 bits per heavy atom. The van der Waals surface area contributed by atoms with Gasteiger partial charge in [-0.1, -0.05) is 0 Å². The molecule has 9 saturated heterocycles. The van der Waals surface area contributed by atoms with E-state index in [2.05, 4.69) is 0 Å². The fourth-order valence-corrected chi connectivity index (χ4v) is 12.7. The lowest BCUT2D eigenvalue weighted by Gasteiger charge is -2.50. The molecule has 1 unspecified atom stereocenters. The third-order valence-corrected chi connectivity index (χ3v) is 18.7. The summed E-state index contributed by atoms with van der Waals surface area (Å²) in [5.41, 5.74) is 0. The summed E-state index contributed by atoms with van der Waals surface area (Å²) in [6.45, 7) is -9.52. The van der Waals surface area contributed by atoms with Crippen molar-refractivity contribution in [2.24, 2.45) is 0 Å². The fourth-order valence-electron chi connectivity index (χ4n) is 12.7. The van der Waals surface area contributed by atoms with Crippen molar-refractivity contribution in [2.45, 2.75) is 276 Å². The lowest BCUT2D eigenvalue weighted by molar-refractivity contribution is -0.404. The highest BCUT2D eigenvalue weighted by atomic mass is 16.8. The van der Waals surface area contributed by atoms with Gasteiger partial charge in [-0.25, -0.2) is 0 Å². The fraction of sp³-hybridized carbons (Fsp3) is 1.00. The third-order valence-electron chi connectivity index (χ3n) is 18.7. The number of rotatable bonds is 25. The molecule has 0 saturated carbocycles. The molecule has 0 spiro atoms. The predicted octanol–water partition coefficient (Wildman–Crippen LogP) is -20.6. The zero-order valence-electron chi connectivity index (χ0n) is 52.3. The van der Waals surface area contributed by atoms with Crippen LogP contribution in [0.3, 0.4) is 0 Å². The average Bonchev–Trinajstić information content (AvgIpc) is 0.781. The Hall–Kier alpha value is -1.84. The Kier molecular flexibility index (Phi) is 29.2. The molecule has 29 N–H and O–H groups in total. The summed E-state index contributed by atoms with van der Waals surface area (Å²) in [5.74, 6) is 0. The van der Waals surface area contributed by atoms with Gasteiger partial charge in [0.1, 0.15) is 220 Å². The third kappa shape index (κ3) is 17.0. The van der Waals surface area contributed by atoms with Crippen molar-refractivity contribution < 1.29 is 229 Å². The molecule has 9 aliphatic heterocycles. The van der Waals surface area contributed by atoms with E-state index in [1.165, 1.54) is 0 Å². The lowest BCUT2D eigenvalue weighted by Crippen LogP contribution is -2.68. The molecule has 46 heteroatoms. The highest BCUT2D eigenvalue weighted by molar-refractivity contribution is 5.02. The van der Waals surface area contributed by atoms with Crippen LogP contribution in [0, 0.1) is 0 Å². The second-order valence-corrected chi connectivity index (χ2v) is 25.3. The molecule has 100 heavy (non-hydrogen) atoms. The van der Waals surface area contributed by atoms with Crippen LogP contribution in [0.15, 0.2) is 0 Å². The summed E-state index contributed by atoms with van der Waals surface area (Å²) < 4.78 is 97.2. The molecule has 9 aliphatic rings. The van der Waals surface area contributed by atoms with Gasteiger partial charge in [0.05, 0.1) is 59.5 Å². The number of aliphatic hydroxyl groups is 29. The highest BCUT2D eigenvalue weighted by Gasteiger charge is 2.60. The molecule has 0 aromatic rings. The molecule has 0 bridgehead atoms. The molecule has 45 atom stereocenters. The number of hydrogen-bond acceptors (Lipinski definition) is 46. The van der Waals surface area contributed by atoms with E-state index in [0.717, 1.165) is 0 Å². The van der Waals surface area contributed by atoms with Gasteiger partial charge in [0.15, 0.2) is 56.6 Å². The zero-order valence-corrected chi connectivity index (χ0v) is 52.3. The van der Waals surface area contributed by atoms with Crippen LogP contribution in [0.25, 0.3) is 0 Å². The predicted molar refractivity (Wildman–Crippen MR) is 297 cm³/mol. The van der Waals surface area contributed by atoms with Gasteiger partial charge in [0.25, 0.3) is 0 Å². The average molecular weight is 1480 g/mol. The summed E-state index contributed by atoms with van der Waals surface area (Å²) in [5, 5.41) is 314. The normalized spacial score (nSPS) is 53.7. The maximum Gasteiger partial charge on any atom is 0.187 e. The van der Waals surface area contributed by atoms with Crippen molar-refractivity contribution >= 4 is 0 Å². The minimum Gasteiger partial charge on any atom is -0.394 e. The Morgan fingerprint density at radius 2 is 0.390 bits per heavy atom. The maximum atomic E-state index is 12.2. The topological polar surface area (TPSA) is 744 Å². The van der Waals surface area contributed by atoms with Crippen molar-refractivity contribution in [3.05, 3.63) is 0 Å². The quantitative estimate of drug-likeness (QED) is 0.0404. The van der Waals surface area contributed by atoms with Crippen molar-refractivity contribution in [1.82, 2.24) is 0 Å². The first kappa shape index (κ1) is 82.2. The molecule has 584 valence electrons. The van der Waals surface area contributed by atoms with Crippen LogP contribution in [0.1, 0.15) is 0 Å². The molecule has 0 aromatic heterocycles. The van der Waals surface area contributed by atoms with E-state index in [1.807, 2.05) is 0 Å². The highest BCUT2D eigenvalue weighted by Crippen LogP contribution is 2.39. The molecule has 0 aromatic carbocycles. The van der Waals surface area contributed by atoms with Crippen LogP contribution >= 0.6 is 0 Å². The lowest BCUT2D eigenvalue weighted by atomic mass is 9.95. The van der Waals surface area contributed by atoms with E-state index >= 15 is 0 Å². The molecule has 9 rings (SSSR count). The van der Waals surface area contributed by atoms with Gasteiger partial charge >= 0.3 is 0 Å². The van der Waals surface area contributed by atoms with Crippen molar-refractivity contribution in [3.8, 4) is 0 Å². The van der Waals surface area contributed by atoms with E-state index in [0.29, 0.717) is 0 Å². The van der Waals surface area contributed by atoms with Gasteiger partial charge in [-0.05, 0) is 0 Å². The van der Waals surface area contributed by atoms with Gasteiger partial charge in [0, 0.05) is 0 Å². The van der Waals surface area contributed by atoms with E-state index in [4.69, 9.17) is 80.5 Å². The minimum atomic E-state index is -2.44. The van der Waals surface area contributed by atoms with Gasteiger partial charge in [-0.3, -0.25) is 0 Å². The summed E-state index contributed by atoms with van der Waals surface area (Å²) in [6, 6.07) is 0. The number of ether oxygens (including phenoxy) is 17. The Balaban J connectivity index is 0.987.